The Kier molecular flexibility index (Phi) is 5.33. The van der Waals surface area contributed by atoms with Gasteiger partial charge in [-0.2, -0.15) is 0 Å². The maximum atomic E-state index is 10.1. The molecule has 0 amide bonds. The van der Waals surface area contributed by atoms with Gasteiger partial charge in [-0.05, 0) is 36.8 Å². The number of benzene rings is 1. The standard InChI is InChI=1S/C15H24O2/c1-4-7-8-9-13-11(5-2)10-12(6-3)14(16)15(13)17/h10,16-17H,4-9H2,1-3H3. The smallest absolute Gasteiger partial charge is 0.161 e. The first-order valence-electron chi connectivity index (χ1n) is 6.71. The first-order valence-corrected chi connectivity index (χ1v) is 6.71. The van der Waals surface area contributed by atoms with Crippen LogP contribution in [0, 0.1) is 0 Å². The number of hydrogen-bond donors (Lipinski definition) is 2. The Hall–Kier alpha value is -1.18. The summed E-state index contributed by atoms with van der Waals surface area (Å²) in [5, 5.41) is 20.0. The Labute approximate surface area is 104 Å². The molecule has 1 rings (SSSR count). The fourth-order valence-corrected chi connectivity index (χ4v) is 2.23. The number of aryl methyl sites for hydroxylation is 2. The van der Waals surface area contributed by atoms with Crippen molar-refractivity contribution < 1.29 is 10.2 Å². The third kappa shape index (κ3) is 3.15. The molecular weight excluding hydrogens is 212 g/mol. The molecule has 0 aromatic heterocycles. The van der Waals surface area contributed by atoms with Crippen molar-refractivity contribution in [2.24, 2.45) is 0 Å². The van der Waals surface area contributed by atoms with Crippen molar-refractivity contribution in [3.63, 3.8) is 0 Å². The molecule has 1 aromatic rings. The summed E-state index contributed by atoms with van der Waals surface area (Å²) in [5.41, 5.74) is 2.96. The number of unbranched alkanes of at least 4 members (excludes halogenated alkanes) is 2. The second-order valence-corrected chi connectivity index (χ2v) is 4.53. The first-order chi connectivity index (χ1) is 8.15. The van der Waals surface area contributed by atoms with Gasteiger partial charge >= 0.3 is 0 Å². The average molecular weight is 236 g/mol. The van der Waals surface area contributed by atoms with Gasteiger partial charge in [-0.1, -0.05) is 39.7 Å². The molecule has 0 aliphatic heterocycles. The van der Waals surface area contributed by atoms with E-state index in [9.17, 15) is 10.2 Å². The highest BCUT2D eigenvalue weighted by atomic mass is 16.3. The van der Waals surface area contributed by atoms with E-state index >= 15 is 0 Å². The fraction of sp³-hybridized carbons (Fsp3) is 0.600. The predicted octanol–water partition coefficient (Wildman–Crippen LogP) is 3.96. The van der Waals surface area contributed by atoms with E-state index in [1.807, 2.05) is 13.0 Å². The Morgan fingerprint density at radius 2 is 1.53 bits per heavy atom. The Balaban J connectivity index is 3.05. The van der Waals surface area contributed by atoms with Gasteiger partial charge in [0, 0.05) is 5.56 Å². The molecule has 2 N–H and O–H groups in total. The number of phenols is 2. The summed E-state index contributed by atoms with van der Waals surface area (Å²) in [6.07, 6.45) is 5.92. The molecule has 2 nitrogen and oxygen atoms in total. The van der Waals surface area contributed by atoms with Crippen LogP contribution >= 0.6 is 0 Å². The second-order valence-electron chi connectivity index (χ2n) is 4.53. The lowest BCUT2D eigenvalue weighted by Crippen LogP contribution is -1.97. The molecule has 0 atom stereocenters. The molecule has 0 radical (unpaired) electrons. The Bertz CT molecular complexity index is 370. The molecule has 1 aromatic carbocycles. The van der Waals surface area contributed by atoms with Gasteiger partial charge in [0.1, 0.15) is 0 Å². The zero-order chi connectivity index (χ0) is 12.8. The maximum absolute atomic E-state index is 10.1. The van der Waals surface area contributed by atoms with E-state index in [4.69, 9.17) is 0 Å². The quantitative estimate of drug-likeness (QED) is 0.580. The SMILES string of the molecule is CCCCCc1c(CC)cc(CC)c(O)c1O. The van der Waals surface area contributed by atoms with Gasteiger partial charge in [0.15, 0.2) is 11.5 Å². The van der Waals surface area contributed by atoms with Crippen molar-refractivity contribution in [2.45, 2.75) is 59.3 Å². The lowest BCUT2D eigenvalue weighted by atomic mass is 9.94. The lowest BCUT2D eigenvalue weighted by Gasteiger charge is -2.14. The third-order valence-corrected chi connectivity index (χ3v) is 3.34. The first kappa shape index (κ1) is 13.9. The zero-order valence-electron chi connectivity index (χ0n) is 11.2. The van der Waals surface area contributed by atoms with Crippen LogP contribution in [0.4, 0.5) is 0 Å². The van der Waals surface area contributed by atoms with Crippen LogP contribution in [-0.4, -0.2) is 10.2 Å². The molecule has 0 heterocycles. The van der Waals surface area contributed by atoms with Crippen molar-refractivity contribution >= 4 is 0 Å². The monoisotopic (exact) mass is 236 g/mol. The Morgan fingerprint density at radius 3 is 2.06 bits per heavy atom. The van der Waals surface area contributed by atoms with Crippen molar-refractivity contribution in [1.29, 1.82) is 0 Å². The highest BCUT2D eigenvalue weighted by Gasteiger charge is 2.14. The molecule has 0 unspecified atom stereocenters. The van der Waals surface area contributed by atoms with Crippen LogP contribution in [0.15, 0.2) is 6.07 Å². The second kappa shape index (κ2) is 6.53. The summed E-state index contributed by atoms with van der Waals surface area (Å²) in [6, 6.07) is 2.04. The van der Waals surface area contributed by atoms with Crippen molar-refractivity contribution in [1.82, 2.24) is 0 Å². The van der Waals surface area contributed by atoms with Gasteiger partial charge in [0.2, 0.25) is 0 Å². The summed E-state index contributed by atoms with van der Waals surface area (Å²) < 4.78 is 0. The van der Waals surface area contributed by atoms with Crippen molar-refractivity contribution in [3.8, 4) is 11.5 Å². The van der Waals surface area contributed by atoms with Gasteiger partial charge in [0.05, 0.1) is 0 Å². The molecule has 2 heteroatoms. The van der Waals surface area contributed by atoms with Crippen molar-refractivity contribution in [2.75, 3.05) is 0 Å². The number of aromatic hydroxyl groups is 2. The molecule has 0 saturated heterocycles. The third-order valence-electron chi connectivity index (χ3n) is 3.34. The molecule has 17 heavy (non-hydrogen) atoms. The summed E-state index contributed by atoms with van der Waals surface area (Å²) in [5.74, 6) is 0.188. The van der Waals surface area contributed by atoms with Crippen LogP contribution in [0.5, 0.6) is 11.5 Å². The van der Waals surface area contributed by atoms with Crippen LogP contribution in [0.25, 0.3) is 0 Å². The van der Waals surface area contributed by atoms with E-state index in [1.54, 1.807) is 0 Å². The van der Waals surface area contributed by atoms with E-state index in [0.717, 1.165) is 36.8 Å². The van der Waals surface area contributed by atoms with Gasteiger partial charge < -0.3 is 10.2 Å². The van der Waals surface area contributed by atoms with E-state index in [0.29, 0.717) is 0 Å². The number of rotatable bonds is 6. The van der Waals surface area contributed by atoms with E-state index in [1.165, 1.54) is 18.4 Å². The highest BCUT2D eigenvalue weighted by molar-refractivity contribution is 5.54. The Morgan fingerprint density at radius 1 is 0.882 bits per heavy atom. The minimum absolute atomic E-state index is 0.0798. The predicted molar refractivity (Wildman–Crippen MR) is 71.8 cm³/mol. The number of hydrogen-bond acceptors (Lipinski definition) is 2. The zero-order valence-corrected chi connectivity index (χ0v) is 11.2. The summed E-state index contributed by atoms with van der Waals surface area (Å²) in [6.45, 7) is 6.25. The highest BCUT2D eigenvalue weighted by Crippen LogP contribution is 2.36. The van der Waals surface area contributed by atoms with Crippen LogP contribution in [0.2, 0.25) is 0 Å². The van der Waals surface area contributed by atoms with Gasteiger partial charge in [-0.15, -0.1) is 0 Å². The normalized spacial score (nSPS) is 10.8. The van der Waals surface area contributed by atoms with Crippen LogP contribution < -0.4 is 0 Å². The van der Waals surface area contributed by atoms with Gasteiger partial charge in [0.25, 0.3) is 0 Å². The molecule has 96 valence electrons. The minimum atomic E-state index is 0.0798. The summed E-state index contributed by atoms with van der Waals surface area (Å²) in [4.78, 5) is 0. The number of phenolic OH excluding ortho intramolecular Hbond substituents is 2. The summed E-state index contributed by atoms with van der Waals surface area (Å²) >= 11 is 0. The molecular formula is C15H24O2. The topological polar surface area (TPSA) is 40.5 Å². The van der Waals surface area contributed by atoms with Gasteiger partial charge in [-0.3, -0.25) is 0 Å². The molecule has 0 aliphatic carbocycles. The van der Waals surface area contributed by atoms with Gasteiger partial charge in [-0.25, -0.2) is 0 Å². The molecule has 0 aliphatic rings. The van der Waals surface area contributed by atoms with Crippen LogP contribution in [-0.2, 0) is 19.3 Å². The fourth-order valence-electron chi connectivity index (χ4n) is 2.23. The minimum Gasteiger partial charge on any atom is -0.504 e. The van der Waals surface area contributed by atoms with E-state index in [-0.39, 0.29) is 11.5 Å². The molecule has 0 bridgehead atoms. The average Bonchev–Trinajstić information content (AvgIpc) is 2.35. The summed E-state index contributed by atoms with van der Waals surface area (Å²) in [7, 11) is 0. The van der Waals surface area contributed by atoms with E-state index in [2.05, 4.69) is 13.8 Å². The van der Waals surface area contributed by atoms with Crippen LogP contribution in [0.1, 0.15) is 56.7 Å². The van der Waals surface area contributed by atoms with E-state index < -0.39 is 0 Å². The lowest BCUT2D eigenvalue weighted by molar-refractivity contribution is 0.394. The maximum Gasteiger partial charge on any atom is 0.161 e. The largest absolute Gasteiger partial charge is 0.504 e. The molecule has 0 spiro atoms. The van der Waals surface area contributed by atoms with Crippen molar-refractivity contribution in [3.05, 3.63) is 22.8 Å². The molecule has 0 saturated carbocycles. The molecule has 0 fully saturated rings. The van der Waals surface area contributed by atoms with Crippen LogP contribution in [0.3, 0.4) is 0 Å².